The first-order valence-corrected chi connectivity index (χ1v) is 11.1. The number of pyridine rings is 1. The fourth-order valence-electron chi connectivity index (χ4n) is 4.25. The largest absolute Gasteiger partial charge is 0.465 e. The Kier molecular flexibility index (Phi) is 5.34. The van der Waals surface area contributed by atoms with Gasteiger partial charge in [-0.25, -0.2) is 0 Å². The maximum absolute atomic E-state index is 13.1. The summed E-state index contributed by atoms with van der Waals surface area (Å²) in [6, 6.07) is 15.3. The van der Waals surface area contributed by atoms with Crippen LogP contribution in [0.4, 0.5) is 0 Å². The first-order valence-electron chi connectivity index (χ1n) is 11.1. The second-order valence-corrected chi connectivity index (χ2v) is 8.52. The van der Waals surface area contributed by atoms with E-state index in [4.69, 9.17) is 4.74 Å². The van der Waals surface area contributed by atoms with Crippen LogP contribution in [0.5, 0.6) is 5.75 Å². The van der Waals surface area contributed by atoms with E-state index in [1.807, 2.05) is 36.4 Å². The maximum atomic E-state index is 13.1. The summed E-state index contributed by atoms with van der Waals surface area (Å²) in [6.45, 7) is 5.37. The van der Waals surface area contributed by atoms with Gasteiger partial charge in [-0.05, 0) is 54.8 Å². The van der Waals surface area contributed by atoms with Crippen molar-refractivity contribution in [2.24, 2.45) is 0 Å². The van der Waals surface area contributed by atoms with Crippen molar-refractivity contribution < 1.29 is 19.4 Å². The molecule has 2 heterocycles. The van der Waals surface area contributed by atoms with Crippen LogP contribution in [-0.2, 0) is 4.79 Å². The average molecular weight is 444 g/mol. The highest BCUT2D eigenvalue weighted by atomic mass is 16.5. The monoisotopic (exact) mass is 443 g/mol. The Morgan fingerprint density at radius 3 is 2.52 bits per heavy atom. The molecule has 0 spiro atoms. The zero-order valence-corrected chi connectivity index (χ0v) is 18.2. The van der Waals surface area contributed by atoms with E-state index in [2.05, 4.69) is 11.6 Å². The maximum Gasteiger partial charge on any atom is 0.254 e. The van der Waals surface area contributed by atoms with Crippen molar-refractivity contribution in [3.8, 4) is 16.9 Å². The van der Waals surface area contributed by atoms with Crippen LogP contribution < -0.4 is 4.74 Å². The third-order valence-electron chi connectivity index (χ3n) is 6.33. The summed E-state index contributed by atoms with van der Waals surface area (Å²) in [6.07, 6.45) is 4.16. The number of carbonyl (C=O) groups excluding carboxylic acids is 2. The molecule has 3 aromatic rings. The minimum atomic E-state index is -1.17. The molecule has 7 nitrogen and oxygen atoms in total. The molecule has 0 atom stereocenters. The summed E-state index contributed by atoms with van der Waals surface area (Å²) in [5.41, 5.74) is 2.06. The number of aromatic nitrogens is 1. The first-order chi connectivity index (χ1) is 16.0. The van der Waals surface area contributed by atoms with Crippen molar-refractivity contribution in [3.63, 3.8) is 0 Å². The Balaban J connectivity index is 1.35. The molecule has 5 rings (SSSR count). The second-order valence-electron chi connectivity index (χ2n) is 8.52. The lowest BCUT2D eigenvalue weighted by Gasteiger charge is -2.35. The number of fused-ring (bicyclic) bond motifs is 1. The Morgan fingerprint density at radius 2 is 1.79 bits per heavy atom. The van der Waals surface area contributed by atoms with Crippen LogP contribution in [-0.4, -0.2) is 63.5 Å². The van der Waals surface area contributed by atoms with E-state index in [-0.39, 0.29) is 11.8 Å². The topological polar surface area (TPSA) is 83.0 Å². The molecule has 2 fully saturated rings. The highest BCUT2D eigenvalue weighted by molar-refractivity contribution is 5.96. The standard InChI is InChI=1S/C26H25N3O4/c1-2-33-23-17-20(5-7-21(23)18-6-8-22-19(16-18)4-3-11-27-22)24(30)28-12-14-29(15-13-28)25(31)26(32)9-10-26/h2-8,11,16-17,32H,1,9-10,12-15H2. The first kappa shape index (κ1) is 21.2. The third-order valence-corrected chi connectivity index (χ3v) is 6.33. The molecular formula is C26H25N3O4. The molecule has 0 bridgehead atoms. The second kappa shape index (κ2) is 8.33. The van der Waals surface area contributed by atoms with Crippen LogP contribution in [0.3, 0.4) is 0 Å². The Labute approximate surface area is 191 Å². The van der Waals surface area contributed by atoms with Crippen molar-refractivity contribution in [2.45, 2.75) is 18.4 Å². The van der Waals surface area contributed by atoms with Gasteiger partial charge in [0.1, 0.15) is 11.4 Å². The zero-order chi connectivity index (χ0) is 23.0. The number of benzene rings is 2. The number of rotatable bonds is 5. The van der Waals surface area contributed by atoms with Crippen molar-refractivity contribution in [3.05, 3.63) is 73.1 Å². The summed E-state index contributed by atoms with van der Waals surface area (Å²) in [5, 5.41) is 11.1. The molecule has 2 aliphatic rings. The molecule has 2 aromatic carbocycles. The number of hydrogen-bond donors (Lipinski definition) is 1. The van der Waals surface area contributed by atoms with Crippen LogP contribution in [0.1, 0.15) is 23.2 Å². The SMILES string of the molecule is C=COc1cc(C(=O)N2CCN(C(=O)C3(O)CC3)CC2)ccc1-c1ccc2ncccc2c1. The molecule has 7 heteroatoms. The molecule has 1 N–H and O–H groups in total. The highest BCUT2D eigenvalue weighted by Crippen LogP contribution is 2.37. The van der Waals surface area contributed by atoms with Crippen LogP contribution in [0.2, 0.25) is 0 Å². The lowest BCUT2D eigenvalue weighted by molar-refractivity contribution is -0.143. The van der Waals surface area contributed by atoms with E-state index in [1.54, 1.807) is 28.1 Å². The molecule has 33 heavy (non-hydrogen) atoms. The molecular weight excluding hydrogens is 418 g/mol. The molecule has 168 valence electrons. The van der Waals surface area contributed by atoms with E-state index >= 15 is 0 Å². The van der Waals surface area contributed by atoms with Crippen molar-refractivity contribution in [1.29, 1.82) is 0 Å². The van der Waals surface area contributed by atoms with Crippen LogP contribution in [0.25, 0.3) is 22.0 Å². The predicted octanol–water partition coefficient (Wildman–Crippen LogP) is 3.23. The van der Waals surface area contributed by atoms with Gasteiger partial charge >= 0.3 is 0 Å². The van der Waals surface area contributed by atoms with Gasteiger partial charge in [-0.1, -0.05) is 18.7 Å². The van der Waals surface area contributed by atoms with Gasteiger partial charge < -0.3 is 19.6 Å². The predicted molar refractivity (Wildman–Crippen MR) is 125 cm³/mol. The van der Waals surface area contributed by atoms with Crippen LogP contribution in [0.15, 0.2) is 67.6 Å². The number of ether oxygens (including phenoxy) is 1. The smallest absolute Gasteiger partial charge is 0.254 e. The third kappa shape index (κ3) is 4.07. The number of carbonyl (C=O) groups is 2. The van der Waals surface area contributed by atoms with Gasteiger partial charge in [-0.3, -0.25) is 14.6 Å². The Hall–Kier alpha value is -3.71. The number of nitrogens with zero attached hydrogens (tertiary/aromatic N) is 3. The summed E-state index contributed by atoms with van der Waals surface area (Å²) < 4.78 is 5.67. The molecule has 1 saturated carbocycles. The van der Waals surface area contributed by atoms with E-state index in [9.17, 15) is 14.7 Å². The molecule has 1 aliphatic carbocycles. The van der Waals surface area contributed by atoms with E-state index < -0.39 is 5.60 Å². The summed E-state index contributed by atoms with van der Waals surface area (Å²) in [5.74, 6) is 0.213. The fraction of sp³-hybridized carbons (Fsp3) is 0.269. The molecule has 0 radical (unpaired) electrons. The van der Waals surface area contributed by atoms with Crippen molar-refractivity contribution in [1.82, 2.24) is 14.8 Å². The average Bonchev–Trinajstić information content (AvgIpc) is 3.61. The van der Waals surface area contributed by atoms with Gasteiger partial charge in [0.15, 0.2) is 0 Å². The summed E-state index contributed by atoms with van der Waals surface area (Å²) in [7, 11) is 0. The molecule has 1 aromatic heterocycles. The van der Waals surface area contributed by atoms with Crippen LogP contribution >= 0.6 is 0 Å². The zero-order valence-electron chi connectivity index (χ0n) is 18.2. The lowest BCUT2D eigenvalue weighted by Crippen LogP contribution is -2.53. The Morgan fingerprint density at radius 1 is 1.03 bits per heavy atom. The van der Waals surface area contributed by atoms with Gasteiger partial charge in [0.25, 0.3) is 11.8 Å². The van der Waals surface area contributed by atoms with Gasteiger partial charge in [0.2, 0.25) is 0 Å². The fourth-order valence-corrected chi connectivity index (χ4v) is 4.25. The van der Waals surface area contributed by atoms with E-state index in [1.165, 1.54) is 6.26 Å². The van der Waals surface area contributed by atoms with Crippen molar-refractivity contribution >= 4 is 22.7 Å². The molecule has 1 aliphatic heterocycles. The van der Waals surface area contributed by atoms with Gasteiger partial charge in [-0.2, -0.15) is 0 Å². The van der Waals surface area contributed by atoms with E-state index in [0.29, 0.717) is 50.3 Å². The van der Waals surface area contributed by atoms with Gasteiger partial charge in [-0.15, -0.1) is 0 Å². The minimum Gasteiger partial charge on any atom is -0.465 e. The van der Waals surface area contributed by atoms with Gasteiger partial charge in [0, 0.05) is 48.9 Å². The molecule has 1 saturated heterocycles. The van der Waals surface area contributed by atoms with Crippen LogP contribution in [0, 0.1) is 0 Å². The number of hydrogen-bond acceptors (Lipinski definition) is 5. The quantitative estimate of drug-likeness (QED) is 0.612. The number of amides is 2. The number of aliphatic hydroxyl groups is 1. The molecule has 0 unspecified atom stereocenters. The summed E-state index contributed by atoms with van der Waals surface area (Å²) in [4.78, 5) is 33.2. The number of piperazine rings is 1. The van der Waals surface area contributed by atoms with E-state index in [0.717, 1.165) is 22.0 Å². The highest BCUT2D eigenvalue weighted by Gasteiger charge is 2.50. The Bertz CT molecular complexity index is 1240. The summed E-state index contributed by atoms with van der Waals surface area (Å²) >= 11 is 0. The van der Waals surface area contributed by atoms with Crippen molar-refractivity contribution in [2.75, 3.05) is 26.2 Å². The minimum absolute atomic E-state index is 0.115. The van der Waals surface area contributed by atoms with Gasteiger partial charge in [0.05, 0.1) is 11.8 Å². The lowest BCUT2D eigenvalue weighted by atomic mass is 10.00. The molecule has 2 amide bonds. The normalized spacial score (nSPS) is 17.0.